The third-order valence-electron chi connectivity index (χ3n) is 4.10. The minimum absolute atomic E-state index is 0.167. The summed E-state index contributed by atoms with van der Waals surface area (Å²) in [5.74, 6) is -0.439. The van der Waals surface area contributed by atoms with Crippen molar-refractivity contribution in [2.75, 3.05) is 18.4 Å². The van der Waals surface area contributed by atoms with Gasteiger partial charge >= 0.3 is 0 Å². The molecule has 0 bridgehead atoms. The molecule has 1 saturated heterocycles. The fourth-order valence-electron chi connectivity index (χ4n) is 2.79. The van der Waals surface area contributed by atoms with E-state index in [0.29, 0.717) is 32.9 Å². The minimum atomic E-state index is -3.56. The van der Waals surface area contributed by atoms with Crippen LogP contribution in [-0.4, -0.2) is 31.7 Å². The number of piperidine rings is 1. The van der Waals surface area contributed by atoms with E-state index in [9.17, 15) is 13.2 Å². The van der Waals surface area contributed by atoms with Crippen LogP contribution < -0.4 is 5.32 Å². The van der Waals surface area contributed by atoms with Crippen molar-refractivity contribution in [1.82, 2.24) is 4.31 Å². The zero-order valence-corrected chi connectivity index (χ0v) is 17.3. The maximum Gasteiger partial charge on any atom is 0.252 e. The van der Waals surface area contributed by atoms with Crippen molar-refractivity contribution in [3.05, 3.63) is 44.7 Å². The molecule has 1 aliphatic rings. The number of halogens is 3. The Morgan fingerprint density at radius 3 is 2.23 bits per heavy atom. The quantitative estimate of drug-likeness (QED) is 0.726. The third-order valence-corrected chi connectivity index (χ3v) is 8.13. The van der Waals surface area contributed by atoms with Crippen molar-refractivity contribution in [3.8, 4) is 0 Å². The van der Waals surface area contributed by atoms with Crippen LogP contribution in [0.15, 0.2) is 34.5 Å². The van der Waals surface area contributed by atoms with Crippen LogP contribution in [0.5, 0.6) is 0 Å². The average Bonchev–Trinajstić information content (AvgIpc) is 3.01. The highest BCUT2D eigenvalue weighted by Crippen LogP contribution is 2.31. The first-order valence-electron chi connectivity index (χ1n) is 7.78. The number of sulfonamides is 1. The Labute approximate surface area is 170 Å². The molecule has 3 rings (SSSR count). The molecule has 1 aromatic carbocycles. The molecule has 0 spiro atoms. The zero-order valence-electron chi connectivity index (χ0n) is 13.4. The van der Waals surface area contributed by atoms with Crippen molar-refractivity contribution in [3.63, 3.8) is 0 Å². The lowest BCUT2D eigenvalue weighted by Gasteiger charge is -2.30. The van der Waals surface area contributed by atoms with Crippen molar-refractivity contribution in [1.29, 1.82) is 0 Å². The van der Waals surface area contributed by atoms with Crippen LogP contribution in [0.1, 0.15) is 12.8 Å². The Bertz CT molecular complexity index is 902. The summed E-state index contributed by atoms with van der Waals surface area (Å²) in [7, 11) is -3.56. The molecule has 1 amide bonds. The first-order chi connectivity index (χ1) is 12.3. The second kappa shape index (κ2) is 8.04. The highest BCUT2D eigenvalue weighted by atomic mass is 35.5. The van der Waals surface area contributed by atoms with Crippen molar-refractivity contribution in [2.24, 2.45) is 5.92 Å². The summed E-state index contributed by atoms with van der Waals surface area (Å²) in [6.07, 6.45) is 0.886. The highest BCUT2D eigenvalue weighted by molar-refractivity contribution is 7.91. The number of carbonyl (C=O) groups is 1. The number of hydrogen-bond acceptors (Lipinski definition) is 4. The number of nitrogens with zero attached hydrogens (tertiary/aromatic N) is 1. The molecular weight excluding hydrogens is 439 g/mol. The van der Waals surface area contributed by atoms with Gasteiger partial charge in [0.05, 0.1) is 4.34 Å². The number of carbonyl (C=O) groups excluding carboxylic acids is 1. The number of rotatable bonds is 4. The average molecular weight is 454 g/mol. The van der Waals surface area contributed by atoms with Crippen molar-refractivity contribution in [2.45, 2.75) is 17.1 Å². The minimum Gasteiger partial charge on any atom is -0.326 e. The van der Waals surface area contributed by atoms with E-state index in [4.69, 9.17) is 34.8 Å². The number of hydrogen-bond donors (Lipinski definition) is 1. The summed E-state index contributed by atoms with van der Waals surface area (Å²) in [5, 5.41) is 3.66. The number of anilines is 1. The smallest absolute Gasteiger partial charge is 0.252 e. The van der Waals surface area contributed by atoms with Gasteiger partial charge in [-0.2, -0.15) is 4.31 Å². The van der Waals surface area contributed by atoms with Gasteiger partial charge in [-0.15, -0.1) is 11.3 Å². The lowest BCUT2D eigenvalue weighted by Crippen LogP contribution is -2.41. The lowest BCUT2D eigenvalue weighted by atomic mass is 9.97. The standard InChI is InChI=1S/C16H15Cl3N2O3S2/c17-11-7-12(18)9-13(8-11)20-16(22)10-3-5-21(6-4-10)26(23,24)15-2-1-14(19)25-15/h1-2,7-10H,3-6H2,(H,20,22). The van der Waals surface area contributed by atoms with Gasteiger partial charge in [0.1, 0.15) is 4.21 Å². The van der Waals surface area contributed by atoms with Crippen molar-refractivity contribution < 1.29 is 13.2 Å². The van der Waals surface area contributed by atoms with E-state index in [0.717, 1.165) is 11.3 Å². The Kier molecular flexibility index (Phi) is 6.16. The second-order valence-electron chi connectivity index (χ2n) is 5.88. The molecule has 0 atom stereocenters. The molecule has 0 aliphatic carbocycles. The molecule has 1 N–H and O–H groups in total. The van der Waals surface area contributed by atoms with Crippen LogP contribution >= 0.6 is 46.1 Å². The summed E-state index contributed by atoms with van der Waals surface area (Å²) in [4.78, 5) is 12.4. The molecule has 10 heteroatoms. The topological polar surface area (TPSA) is 66.5 Å². The van der Waals surface area contributed by atoms with E-state index >= 15 is 0 Å². The van der Waals surface area contributed by atoms with Crippen LogP contribution in [0.2, 0.25) is 14.4 Å². The van der Waals surface area contributed by atoms with Gasteiger partial charge in [0.25, 0.3) is 10.0 Å². The van der Waals surface area contributed by atoms with E-state index in [2.05, 4.69) is 5.32 Å². The highest BCUT2D eigenvalue weighted by Gasteiger charge is 2.33. The number of nitrogens with one attached hydrogen (secondary N) is 1. The molecule has 5 nitrogen and oxygen atoms in total. The Balaban J connectivity index is 1.62. The van der Waals surface area contributed by atoms with Gasteiger partial charge in [-0.25, -0.2) is 8.42 Å². The van der Waals surface area contributed by atoms with Gasteiger partial charge in [-0.3, -0.25) is 4.79 Å². The van der Waals surface area contributed by atoms with Gasteiger partial charge in [-0.1, -0.05) is 34.8 Å². The second-order valence-corrected chi connectivity index (χ2v) is 10.6. The predicted molar refractivity (Wildman–Crippen MR) is 106 cm³/mol. The van der Waals surface area contributed by atoms with Crippen molar-refractivity contribution >= 4 is 67.8 Å². The molecule has 0 saturated carbocycles. The maximum atomic E-state index is 12.6. The number of benzene rings is 1. The summed E-state index contributed by atoms with van der Waals surface area (Å²) < 4.78 is 27.2. The fourth-order valence-corrected chi connectivity index (χ4v) is 6.43. The predicted octanol–water partition coefficient (Wildman–Crippen LogP) is 4.75. The van der Waals surface area contributed by atoms with E-state index in [1.807, 2.05) is 0 Å². The first-order valence-corrected chi connectivity index (χ1v) is 11.2. The molecule has 1 fully saturated rings. The van der Waals surface area contributed by atoms with Gasteiger partial charge in [0, 0.05) is 34.7 Å². The zero-order chi connectivity index (χ0) is 18.9. The summed E-state index contributed by atoms with van der Waals surface area (Å²) in [6.45, 7) is 0.568. The molecular formula is C16H15Cl3N2O3S2. The van der Waals surface area contributed by atoms with Gasteiger partial charge < -0.3 is 5.32 Å². The van der Waals surface area contributed by atoms with E-state index < -0.39 is 10.0 Å². The van der Waals surface area contributed by atoms with Crippen LogP contribution in [-0.2, 0) is 14.8 Å². The summed E-state index contributed by atoms with van der Waals surface area (Å²) >= 11 is 18.7. The molecule has 2 heterocycles. The van der Waals surface area contributed by atoms with Crippen LogP contribution in [0.3, 0.4) is 0 Å². The lowest BCUT2D eigenvalue weighted by molar-refractivity contribution is -0.120. The molecule has 1 aliphatic heterocycles. The Hall–Kier alpha value is -0.830. The van der Waals surface area contributed by atoms with Crippen LogP contribution in [0.25, 0.3) is 0 Å². The Morgan fingerprint density at radius 1 is 1.08 bits per heavy atom. The first kappa shape index (κ1) is 19.9. The Morgan fingerprint density at radius 2 is 1.69 bits per heavy atom. The molecule has 0 radical (unpaired) electrons. The van der Waals surface area contributed by atoms with Crippen LogP contribution in [0, 0.1) is 5.92 Å². The fraction of sp³-hybridized carbons (Fsp3) is 0.312. The van der Waals surface area contributed by atoms with Gasteiger partial charge in [-0.05, 0) is 43.2 Å². The normalized spacial score (nSPS) is 16.6. The van der Waals surface area contributed by atoms with Gasteiger partial charge in [0.15, 0.2) is 0 Å². The molecule has 2 aromatic rings. The van der Waals surface area contributed by atoms with E-state index in [1.165, 1.54) is 10.4 Å². The molecule has 1 aromatic heterocycles. The molecule has 26 heavy (non-hydrogen) atoms. The third kappa shape index (κ3) is 4.52. The van der Waals surface area contributed by atoms with E-state index in [-0.39, 0.29) is 29.1 Å². The summed E-state index contributed by atoms with van der Waals surface area (Å²) in [5.41, 5.74) is 0.524. The number of amides is 1. The molecule has 0 unspecified atom stereocenters. The van der Waals surface area contributed by atoms with Gasteiger partial charge in [0.2, 0.25) is 5.91 Å². The molecule has 140 valence electrons. The monoisotopic (exact) mass is 452 g/mol. The largest absolute Gasteiger partial charge is 0.326 e. The van der Waals surface area contributed by atoms with Crippen LogP contribution in [0.4, 0.5) is 5.69 Å². The van der Waals surface area contributed by atoms with E-state index in [1.54, 1.807) is 24.3 Å². The SMILES string of the molecule is O=C(Nc1cc(Cl)cc(Cl)c1)C1CCN(S(=O)(=O)c2ccc(Cl)s2)CC1. The maximum absolute atomic E-state index is 12.6. The number of thiophene rings is 1. The summed E-state index contributed by atoms with van der Waals surface area (Å²) in [6, 6.07) is 7.88.